The van der Waals surface area contributed by atoms with Gasteiger partial charge in [-0.25, -0.2) is 14.7 Å². The van der Waals surface area contributed by atoms with E-state index < -0.39 is 16.1 Å². The first-order valence-electron chi connectivity index (χ1n) is 9.68. The minimum atomic E-state index is -3.93. The fraction of sp³-hybridized carbons (Fsp3) is 0.238. The highest BCUT2D eigenvalue weighted by Gasteiger charge is 2.24. The van der Waals surface area contributed by atoms with Gasteiger partial charge >= 0.3 is 10.2 Å². The summed E-state index contributed by atoms with van der Waals surface area (Å²) < 4.78 is 29.1. The van der Waals surface area contributed by atoms with Crippen LogP contribution in [0.5, 0.6) is 0 Å². The number of nitrogens with one attached hydrogen (secondary N) is 1. The maximum Gasteiger partial charge on any atom is 0.303 e. The number of hydrogen-bond donors (Lipinski definition) is 1. The minimum Gasteiger partial charge on any atom is -0.348 e. The highest BCUT2D eigenvalue weighted by molar-refractivity contribution is 7.87. The highest BCUT2D eigenvalue weighted by atomic mass is 32.2. The molecule has 0 saturated carbocycles. The van der Waals surface area contributed by atoms with Crippen molar-refractivity contribution < 1.29 is 13.2 Å². The van der Waals surface area contributed by atoms with Crippen LogP contribution in [0.4, 0.5) is 0 Å². The zero-order valence-electron chi connectivity index (χ0n) is 18.2. The van der Waals surface area contributed by atoms with Gasteiger partial charge in [0.15, 0.2) is 0 Å². The van der Waals surface area contributed by atoms with Crippen molar-refractivity contribution in [2.45, 2.75) is 13.8 Å². The molecule has 4 heterocycles. The molecule has 0 saturated heterocycles. The van der Waals surface area contributed by atoms with Gasteiger partial charge in [-0.05, 0) is 37.6 Å². The van der Waals surface area contributed by atoms with Crippen LogP contribution < -0.4 is 4.72 Å². The lowest BCUT2D eigenvalue weighted by Gasteiger charge is -2.11. The monoisotopic (exact) mass is 470 g/mol. The van der Waals surface area contributed by atoms with Crippen molar-refractivity contribution in [2.24, 2.45) is 7.05 Å². The van der Waals surface area contributed by atoms with E-state index in [1.807, 2.05) is 32.0 Å². The van der Waals surface area contributed by atoms with Crippen LogP contribution in [0.25, 0.3) is 32.2 Å². The van der Waals surface area contributed by atoms with E-state index in [1.165, 1.54) is 25.4 Å². The molecule has 32 heavy (non-hydrogen) atoms. The molecule has 1 N–H and O–H groups in total. The Balaban J connectivity index is 1.83. The largest absolute Gasteiger partial charge is 0.348 e. The van der Waals surface area contributed by atoms with Crippen LogP contribution in [0.15, 0.2) is 36.8 Å². The van der Waals surface area contributed by atoms with Gasteiger partial charge in [-0.3, -0.25) is 9.78 Å². The maximum absolute atomic E-state index is 12.8. The van der Waals surface area contributed by atoms with Crippen LogP contribution in [0.3, 0.4) is 0 Å². The van der Waals surface area contributed by atoms with Crippen LogP contribution >= 0.6 is 11.3 Å². The predicted octanol–water partition coefficient (Wildman–Crippen LogP) is 2.91. The first-order chi connectivity index (χ1) is 15.1. The predicted molar refractivity (Wildman–Crippen MR) is 125 cm³/mol. The van der Waals surface area contributed by atoms with E-state index >= 15 is 0 Å². The lowest BCUT2D eigenvalue weighted by atomic mass is 10.1. The average Bonchev–Trinajstić information content (AvgIpc) is 3.28. The average molecular weight is 471 g/mol. The van der Waals surface area contributed by atoms with Gasteiger partial charge in [0, 0.05) is 45.3 Å². The van der Waals surface area contributed by atoms with E-state index in [1.54, 1.807) is 30.2 Å². The molecule has 0 aliphatic rings. The first-order valence-corrected chi connectivity index (χ1v) is 11.9. The quantitative estimate of drug-likeness (QED) is 0.480. The summed E-state index contributed by atoms with van der Waals surface area (Å²) >= 11 is 1.49. The molecule has 0 unspecified atom stereocenters. The molecule has 4 aromatic rings. The normalized spacial score (nSPS) is 11.9. The number of hydrogen-bond acceptors (Lipinski definition) is 7. The van der Waals surface area contributed by atoms with Crippen molar-refractivity contribution in [3.05, 3.63) is 53.6 Å². The Morgan fingerprint density at radius 2 is 1.97 bits per heavy atom. The van der Waals surface area contributed by atoms with Crippen LogP contribution in [0.1, 0.15) is 21.6 Å². The molecule has 11 heteroatoms. The van der Waals surface area contributed by atoms with Crippen LogP contribution in [0.2, 0.25) is 0 Å². The van der Waals surface area contributed by atoms with E-state index in [0.29, 0.717) is 11.2 Å². The Hall–Kier alpha value is -3.15. The number of thiazole rings is 1. The second-order valence-electron chi connectivity index (χ2n) is 7.57. The maximum atomic E-state index is 12.8. The highest BCUT2D eigenvalue weighted by Crippen LogP contribution is 2.36. The zero-order chi connectivity index (χ0) is 23.2. The summed E-state index contributed by atoms with van der Waals surface area (Å²) in [6, 6.07) is 5.76. The van der Waals surface area contributed by atoms with Gasteiger partial charge in [-0.2, -0.15) is 12.7 Å². The first kappa shape index (κ1) is 22.1. The molecule has 0 radical (unpaired) electrons. The van der Waals surface area contributed by atoms with E-state index in [-0.39, 0.29) is 5.56 Å². The number of aromatic nitrogens is 4. The number of amides is 1. The van der Waals surface area contributed by atoms with Crippen LogP contribution in [-0.2, 0) is 17.3 Å². The molecule has 1 amide bonds. The second-order valence-corrected chi connectivity index (χ2v) is 10.5. The summed E-state index contributed by atoms with van der Waals surface area (Å²) in [5, 5.41) is 0.827. The molecule has 0 spiro atoms. The molecule has 166 valence electrons. The number of carbonyl (C=O) groups is 1. The van der Waals surface area contributed by atoms with Gasteiger partial charge in [0.2, 0.25) is 0 Å². The fourth-order valence-electron chi connectivity index (χ4n) is 3.41. The molecule has 0 atom stereocenters. The second kappa shape index (κ2) is 8.08. The molecule has 4 aromatic heterocycles. The minimum absolute atomic E-state index is 0.188. The Morgan fingerprint density at radius 1 is 1.22 bits per heavy atom. The standard InChI is InChI=1S/C21H22N6O3S2/c1-12-9-16(19-13(2)23-21(31-19)14-7-6-8-22-10-14)24-17-15(11-27(5)18(12)17)20(28)25-32(29,30)26(3)4/h6-11H,1-5H3,(H,25,28). The number of pyridine rings is 2. The lowest BCUT2D eigenvalue weighted by molar-refractivity contribution is 0.0981. The van der Waals surface area contributed by atoms with E-state index in [0.717, 1.165) is 36.5 Å². The van der Waals surface area contributed by atoms with Gasteiger partial charge in [0.25, 0.3) is 5.91 Å². The van der Waals surface area contributed by atoms with E-state index in [9.17, 15) is 13.2 Å². The van der Waals surface area contributed by atoms with Crippen molar-refractivity contribution in [1.82, 2.24) is 28.5 Å². The van der Waals surface area contributed by atoms with Gasteiger partial charge in [0.1, 0.15) is 10.5 Å². The van der Waals surface area contributed by atoms with Gasteiger partial charge < -0.3 is 4.57 Å². The van der Waals surface area contributed by atoms with Crippen molar-refractivity contribution >= 4 is 38.5 Å². The molecule has 4 rings (SSSR count). The number of aryl methyl sites for hydroxylation is 3. The topological polar surface area (TPSA) is 110 Å². The molecule has 9 nitrogen and oxygen atoms in total. The van der Waals surface area contributed by atoms with Crippen LogP contribution in [0, 0.1) is 13.8 Å². The third kappa shape index (κ3) is 3.90. The molecular formula is C21H22N6O3S2. The van der Waals surface area contributed by atoms with Crippen molar-refractivity contribution in [1.29, 1.82) is 0 Å². The van der Waals surface area contributed by atoms with Gasteiger partial charge in [-0.1, -0.05) is 0 Å². The smallest absolute Gasteiger partial charge is 0.303 e. The Kier molecular flexibility index (Phi) is 5.57. The summed E-state index contributed by atoms with van der Waals surface area (Å²) in [6.07, 6.45) is 5.06. The molecule has 0 aromatic carbocycles. The molecule has 0 aliphatic heterocycles. The van der Waals surface area contributed by atoms with Gasteiger partial charge in [-0.15, -0.1) is 11.3 Å². The van der Waals surface area contributed by atoms with E-state index in [2.05, 4.69) is 14.7 Å². The summed E-state index contributed by atoms with van der Waals surface area (Å²) in [5.74, 6) is -0.731. The third-order valence-electron chi connectivity index (χ3n) is 5.00. The van der Waals surface area contributed by atoms with Crippen LogP contribution in [-0.4, -0.2) is 52.2 Å². The number of fused-ring (bicyclic) bond motifs is 1. The summed E-state index contributed by atoms with van der Waals surface area (Å²) in [6.45, 7) is 3.85. The molecule has 0 bridgehead atoms. The molecular weight excluding hydrogens is 448 g/mol. The van der Waals surface area contributed by atoms with Crippen molar-refractivity contribution in [3.63, 3.8) is 0 Å². The summed E-state index contributed by atoms with van der Waals surface area (Å²) in [4.78, 5) is 27.3. The number of carbonyl (C=O) groups excluding carboxylic acids is 1. The zero-order valence-corrected chi connectivity index (χ0v) is 19.9. The number of rotatable bonds is 5. The SMILES string of the molecule is Cc1nc(-c2cccnc2)sc1-c1cc(C)c2c(n1)c(C(=O)NS(=O)(=O)N(C)C)cn2C. The molecule has 0 aliphatic carbocycles. The third-order valence-corrected chi connectivity index (χ3v) is 7.63. The Morgan fingerprint density at radius 3 is 2.62 bits per heavy atom. The fourth-order valence-corrected chi connectivity index (χ4v) is 4.95. The molecule has 0 fully saturated rings. The van der Waals surface area contributed by atoms with E-state index in [4.69, 9.17) is 4.98 Å². The van der Waals surface area contributed by atoms with Crippen molar-refractivity contribution in [2.75, 3.05) is 14.1 Å². The Bertz CT molecular complexity index is 1440. The number of nitrogens with zero attached hydrogens (tertiary/aromatic N) is 5. The lowest BCUT2D eigenvalue weighted by Crippen LogP contribution is -2.39. The van der Waals surface area contributed by atoms with Crippen molar-refractivity contribution in [3.8, 4) is 21.1 Å². The summed E-state index contributed by atoms with van der Waals surface area (Å²) in [5.41, 5.74) is 4.71. The summed E-state index contributed by atoms with van der Waals surface area (Å²) in [7, 11) is 0.575. The van der Waals surface area contributed by atoms with Gasteiger partial charge in [0.05, 0.1) is 27.3 Å². The Labute approximate surface area is 190 Å².